The van der Waals surface area contributed by atoms with E-state index in [1.807, 2.05) is 34.5 Å². The van der Waals surface area contributed by atoms with Gasteiger partial charge in [0.15, 0.2) is 0 Å². The van der Waals surface area contributed by atoms with E-state index in [9.17, 15) is 4.79 Å². The van der Waals surface area contributed by atoms with E-state index in [1.165, 1.54) is 11.3 Å². The van der Waals surface area contributed by atoms with E-state index >= 15 is 0 Å². The molecule has 1 atom stereocenters. The Labute approximate surface area is 128 Å². The predicted molar refractivity (Wildman–Crippen MR) is 85.3 cm³/mol. The molecule has 1 aliphatic rings. The highest BCUT2D eigenvalue weighted by atomic mass is 32.1. The van der Waals surface area contributed by atoms with Crippen molar-refractivity contribution in [1.29, 1.82) is 0 Å². The zero-order valence-electron chi connectivity index (χ0n) is 12.1. The Balaban J connectivity index is 2.01. The molecule has 1 unspecified atom stereocenters. The molecule has 0 spiro atoms. The third kappa shape index (κ3) is 2.66. The number of para-hydroxylation sites is 1. The van der Waals surface area contributed by atoms with Gasteiger partial charge in [0.25, 0.3) is 5.91 Å². The Bertz CT molecular complexity index is 653. The summed E-state index contributed by atoms with van der Waals surface area (Å²) < 4.78 is 5.29. The highest BCUT2D eigenvalue weighted by Gasteiger charge is 2.27. The Hall–Kier alpha value is -1.85. The number of thiophene rings is 1. The standard InChI is InChI=1S/C16H18N2O2S/c1-11-10-18(13-6-4-3-5-12(13)9-17-11)16(19)15-14(20-2)7-8-21-15/h3-8,11,17H,9-10H2,1-2H3. The lowest BCUT2D eigenvalue weighted by molar-refractivity contribution is 0.0986. The number of ether oxygens (including phenoxy) is 1. The molecule has 5 heteroatoms. The van der Waals surface area contributed by atoms with Gasteiger partial charge in [-0.2, -0.15) is 0 Å². The molecule has 0 radical (unpaired) electrons. The molecule has 0 bridgehead atoms. The second-order valence-electron chi connectivity index (χ2n) is 5.14. The van der Waals surface area contributed by atoms with Crippen molar-refractivity contribution in [3.05, 3.63) is 46.2 Å². The van der Waals surface area contributed by atoms with Gasteiger partial charge in [0.1, 0.15) is 10.6 Å². The fourth-order valence-corrected chi connectivity index (χ4v) is 3.38. The Morgan fingerprint density at radius 3 is 3.00 bits per heavy atom. The van der Waals surface area contributed by atoms with Crippen LogP contribution in [0, 0.1) is 0 Å². The largest absolute Gasteiger partial charge is 0.495 e. The van der Waals surface area contributed by atoms with Crippen molar-refractivity contribution >= 4 is 22.9 Å². The maximum Gasteiger partial charge on any atom is 0.272 e. The van der Waals surface area contributed by atoms with E-state index in [0.717, 1.165) is 17.8 Å². The van der Waals surface area contributed by atoms with Crippen LogP contribution < -0.4 is 15.0 Å². The van der Waals surface area contributed by atoms with E-state index in [4.69, 9.17) is 4.74 Å². The summed E-state index contributed by atoms with van der Waals surface area (Å²) in [5, 5.41) is 5.32. The number of carbonyl (C=O) groups excluding carboxylic acids is 1. The van der Waals surface area contributed by atoms with E-state index in [-0.39, 0.29) is 11.9 Å². The van der Waals surface area contributed by atoms with Gasteiger partial charge in [-0.3, -0.25) is 4.79 Å². The van der Waals surface area contributed by atoms with Crippen molar-refractivity contribution in [1.82, 2.24) is 5.32 Å². The Morgan fingerprint density at radius 1 is 1.38 bits per heavy atom. The molecule has 21 heavy (non-hydrogen) atoms. The van der Waals surface area contributed by atoms with Gasteiger partial charge in [0.05, 0.1) is 7.11 Å². The van der Waals surface area contributed by atoms with Gasteiger partial charge >= 0.3 is 0 Å². The van der Waals surface area contributed by atoms with Gasteiger partial charge in [-0.25, -0.2) is 0 Å². The minimum Gasteiger partial charge on any atom is -0.495 e. The lowest BCUT2D eigenvalue weighted by atomic mass is 10.1. The zero-order valence-corrected chi connectivity index (χ0v) is 12.9. The molecule has 110 valence electrons. The van der Waals surface area contributed by atoms with Crippen LogP contribution in [0.15, 0.2) is 35.7 Å². The van der Waals surface area contributed by atoms with Crippen molar-refractivity contribution < 1.29 is 9.53 Å². The quantitative estimate of drug-likeness (QED) is 0.927. The van der Waals surface area contributed by atoms with Crippen LogP contribution in [0.1, 0.15) is 22.2 Å². The average molecular weight is 302 g/mol. The molecule has 4 nitrogen and oxygen atoms in total. The predicted octanol–water partition coefficient (Wildman–Crippen LogP) is 2.90. The second-order valence-corrected chi connectivity index (χ2v) is 6.06. The van der Waals surface area contributed by atoms with Crippen molar-refractivity contribution in [2.75, 3.05) is 18.6 Å². The first-order valence-corrected chi connectivity index (χ1v) is 7.83. The lowest BCUT2D eigenvalue weighted by Gasteiger charge is -2.24. The van der Waals surface area contributed by atoms with Crippen LogP contribution in [0.2, 0.25) is 0 Å². The molecule has 1 aromatic heterocycles. The van der Waals surface area contributed by atoms with E-state index in [0.29, 0.717) is 17.2 Å². The summed E-state index contributed by atoms with van der Waals surface area (Å²) in [6.07, 6.45) is 0. The van der Waals surface area contributed by atoms with E-state index in [2.05, 4.69) is 18.3 Å². The third-order valence-corrected chi connectivity index (χ3v) is 4.55. The first-order chi connectivity index (χ1) is 10.2. The molecular weight excluding hydrogens is 284 g/mol. The summed E-state index contributed by atoms with van der Waals surface area (Å²) in [7, 11) is 1.60. The number of hydrogen-bond donors (Lipinski definition) is 1. The van der Waals surface area contributed by atoms with Gasteiger partial charge in [-0.05, 0) is 30.0 Å². The number of anilines is 1. The first-order valence-electron chi connectivity index (χ1n) is 6.95. The summed E-state index contributed by atoms with van der Waals surface area (Å²) in [5.74, 6) is 0.650. The van der Waals surface area contributed by atoms with E-state index in [1.54, 1.807) is 7.11 Å². The molecular formula is C16H18N2O2S. The number of nitrogens with zero attached hydrogens (tertiary/aromatic N) is 1. The minimum absolute atomic E-state index is 0.00449. The summed E-state index contributed by atoms with van der Waals surface area (Å²) in [6.45, 7) is 3.53. The van der Waals surface area contributed by atoms with Crippen LogP contribution in [0.5, 0.6) is 5.75 Å². The normalized spacial score (nSPS) is 18.0. The number of amides is 1. The van der Waals surface area contributed by atoms with Crippen LogP contribution in [-0.2, 0) is 6.54 Å². The molecule has 3 rings (SSSR count). The van der Waals surface area contributed by atoms with Crippen molar-refractivity contribution in [2.45, 2.75) is 19.5 Å². The molecule has 1 N–H and O–H groups in total. The Kier molecular flexibility index (Phi) is 3.94. The van der Waals surface area contributed by atoms with Crippen LogP contribution in [0.3, 0.4) is 0 Å². The van der Waals surface area contributed by atoms with Crippen LogP contribution in [-0.4, -0.2) is 25.6 Å². The zero-order chi connectivity index (χ0) is 14.8. The molecule has 0 saturated carbocycles. The van der Waals surface area contributed by atoms with Crippen LogP contribution in [0.25, 0.3) is 0 Å². The van der Waals surface area contributed by atoms with Gasteiger partial charge in [-0.1, -0.05) is 18.2 Å². The fourth-order valence-electron chi connectivity index (χ4n) is 2.57. The number of rotatable bonds is 2. The van der Waals surface area contributed by atoms with Crippen LogP contribution >= 0.6 is 11.3 Å². The average Bonchev–Trinajstić information content (AvgIpc) is 2.92. The number of fused-ring (bicyclic) bond motifs is 1. The van der Waals surface area contributed by atoms with Crippen molar-refractivity contribution in [3.8, 4) is 5.75 Å². The molecule has 1 amide bonds. The lowest BCUT2D eigenvalue weighted by Crippen LogP contribution is -2.39. The SMILES string of the molecule is COc1ccsc1C(=O)N1CC(C)NCc2ccccc21. The highest BCUT2D eigenvalue weighted by Crippen LogP contribution is 2.30. The van der Waals surface area contributed by atoms with Crippen molar-refractivity contribution in [3.63, 3.8) is 0 Å². The Morgan fingerprint density at radius 2 is 2.19 bits per heavy atom. The van der Waals surface area contributed by atoms with E-state index < -0.39 is 0 Å². The van der Waals surface area contributed by atoms with Gasteiger partial charge in [-0.15, -0.1) is 11.3 Å². The maximum absolute atomic E-state index is 12.9. The number of nitrogens with one attached hydrogen (secondary N) is 1. The van der Waals surface area contributed by atoms with Crippen LogP contribution in [0.4, 0.5) is 5.69 Å². The maximum atomic E-state index is 12.9. The molecule has 2 heterocycles. The number of carbonyl (C=O) groups is 1. The molecule has 0 saturated heterocycles. The summed E-state index contributed by atoms with van der Waals surface area (Å²) in [6, 6.07) is 10.1. The summed E-state index contributed by atoms with van der Waals surface area (Å²) in [4.78, 5) is 15.4. The molecule has 0 aliphatic carbocycles. The van der Waals surface area contributed by atoms with Gasteiger partial charge < -0.3 is 15.0 Å². The topological polar surface area (TPSA) is 41.6 Å². The van der Waals surface area contributed by atoms with Gasteiger partial charge in [0.2, 0.25) is 0 Å². The smallest absolute Gasteiger partial charge is 0.272 e. The summed E-state index contributed by atoms with van der Waals surface area (Å²) in [5.41, 5.74) is 2.13. The number of hydrogen-bond acceptors (Lipinski definition) is 4. The minimum atomic E-state index is 0.00449. The first kappa shape index (κ1) is 14.1. The molecule has 1 aromatic carbocycles. The monoisotopic (exact) mass is 302 g/mol. The number of benzene rings is 1. The van der Waals surface area contributed by atoms with Gasteiger partial charge in [0, 0.05) is 24.8 Å². The highest BCUT2D eigenvalue weighted by molar-refractivity contribution is 7.12. The third-order valence-electron chi connectivity index (χ3n) is 3.67. The van der Waals surface area contributed by atoms with Crippen molar-refractivity contribution in [2.24, 2.45) is 0 Å². The second kappa shape index (κ2) is 5.87. The number of methoxy groups -OCH3 is 1. The molecule has 0 fully saturated rings. The molecule has 2 aromatic rings. The fraction of sp³-hybridized carbons (Fsp3) is 0.312. The summed E-state index contributed by atoms with van der Waals surface area (Å²) >= 11 is 1.42. The molecule has 1 aliphatic heterocycles.